The van der Waals surface area contributed by atoms with Gasteiger partial charge in [-0.15, -0.1) is 0 Å². The van der Waals surface area contributed by atoms with E-state index in [0.29, 0.717) is 11.1 Å². The molecule has 1 unspecified atom stereocenters. The normalized spacial score (nSPS) is 15.9. The van der Waals surface area contributed by atoms with Gasteiger partial charge in [-0.05, 0) is 31.7 Å². The molecule has 7 nitrogen and oxygen atoms in total. The van der Waals surface area contributed by atoms with E-state index >= 15 is 0 Å². The lowest BCUT2D eigenvalue weighted by Crippen LogP contribution is -2.55. The number of para-hydroxylation sites is 1. The van der Waals surface area contributed by atoms with Gasteiger partial charge >= 0.3 is 5.91 Å². The minimum atomic E-state index is -0.721. The predicted molar refractivity (Wildman–Crippen MR) is 110 cm³/mol. The Morgan fingerprint density at radius 1 is 1.03 bits per heavy atom. The number of benzene rings is 1. The lowest BCUT2D eigenvalue weighted by atomic mass is 9.88. The van der Waals surface area contributed by atoms with E-state index in [0.717, 1.165) is 37.5 Å². The van der Waals surface area contributed by atoms with Gasteiger partial charge in [-0.25, -0.2) is 0 Å². The topological polar surface area (TPSA) is 100 Å². The van der Waals surface area contributed by atoms with Crippen molar-refractivity contribution >= 4 is 28.7 Å². The van der Waals surface area contributed by atoms with Crippen LogP contribution < -0.4 is 16.2 Å². The molecule has 7 heteroatoms. The highest BCUT2D eigenvalue weighted by molar-refractivity contribution is 6.00. The Balaban J connectivity index is 1.61. The molecule has 3 N–H and O–H groups in total. The number of hydrogen-bond acceptors (Lipinski definition) is 4. The van der Waals surface area contributed by atoms with Crippen LogP contribution in [0.2, 0.25) is 0 Å². The minimum Gasteiger partial charge on any atom is -0.451 e. The molecule has 1 aliphatic carbocycles. The van der Waals surface area contributed by atoms with E-state index in [1.54, 1.807) is 13.0 Å². The van der Waals surface area contributed by atoms with E-state index < -0.39 is 17.9 Å². The van der Waals surface area contributed by atoms with Crippen molar-refractivity contribution < 1.29 is 18.8 Å². The van der Waals surface area contributed by atoms with Crippen LogP contribution in [0.3, 0.4) is 0 Å². The molecule has 1 aliphatic rings. The van der Waals surface area contributed by atoms with Gasteiger partial charge in [-0.3, -0.25) is 25.2 Å². The average Bonchev–Trinajstić information content (AvgIpc) is 3.07. The highest BCUT2D eigenvalue weighted by atomic mass is 16.3. The predicted octanol–water partition coefficient (Wildman–Crippen LogP) is 3.22. The summed E-state index contributed by atoms with van der Waals surface area (Å²) in [6, 6.07) is 6.64. The molecule has 29 heavy (non-hydrogen) atoms. The third-order valence-corrected chi connectivity index (χ3v) is 5.57. The summed E-state index contributed by atoms with van der Waals surface area (Å²) in [5, 5.41) is 3.71. The van der Waals surface area contributed by atoms with Gasteiger partial charge in [-0.1, -0.05) is 51.3 Å². The van der Waals surface area contributed by atoms with Gasteiger partial charge in [0, 0.05) is 16.9 Å². The first kappa shape index (κ1) is 20.9. The number of rotatable bonds is 5. The Morgan fingerprint density at radius 2 is 1.72 bits per heavy atom. The highest BCUT2D eigenvalue weighted by Gasteiger charge is 2.29. The molecule has 2 aromatic rings. The first-order chi connectivity index (χ1) is 13.9. The molecular formula is C22H29N3O4. The van der Waals surface area contributed by atoms with E-state index in [1.807, 2.05) is 32.0 Å². The van der Waals surface area contributed by atoms with Gasteiger partial charge in [0.15, 0.2) is 5.76 Å². The summed E-state index contributed by atoms with van der Waals surface area (Å²) >= 11 is 0. The van der Waals surface area contributed by atoms with Crippen molar-refractivity contribution in [3.8, 4) is 0 Å². The number of nitrogens with one attached hydrogen (secondary N) is 3. The molecule has 3 rings (SSSR count). The Hall–Kier alpha value is -2.83. The maximum atomic E-state index is 12.6. The van der Waals surface area contributed by atoms with Crippen LogP contribution in [0.4, 0.5) is 0 Å². The fraction of sp³-hybridized carbons (Fsp3) is 0.500. The van der Waals surface area contributed by atoms with Crippen LogP contribution in [0.25, 0.3) is 11.0 Å². The Morgan fingerprint density at radius 3 is 2.38 bits per heavy atom. The van der Waals surface area contributed by atoms with Gasteiger partial charge in [-0.2, -0.15) is 0 Å². The van der Waals surface area contributed by atoms with E-state index in [4.69, 9.17) is 4.42 Å². The van der Waals surface area contributed by atoms with Gasteiger partial charge < -0.3 is 9.73 Å². The molecule has 1 fully saturated rings. The molecule has 1 aromatic carbocycles. The van der Waals surface area contributed by atoms with Crippen LogP contribution in [0.15, 0.2) is 28.7 Å². The summed E-state index contributed by atoms with van der Waals surface area (Å²) in [5.41, 5.74) is 6.15. The van der Waals surface area contributed by atoms with Crippen molar-refractivity contribution in [2.45, 2.75) is 58.9 Å². The SMILES string of the molecule is Cc1c(C(=O)NNC(=O)C(NC(=O)C2CCCCC2)C(C)C)oc2ccccc12. The molecule has 156 valence electrons. The van der Waals surface area contributed by atoms with E-state index in [9.17, 15) is 14.4 Å². The first-order valence-electron chi connectivity index (χ1n) is 10.3. The first-order valence-corrected chi connectivity index (χ1v) is 10.3. The summed E-state index contributed by atoms with van der Waals surface area (Å²) in [5.74, 6) is -1.07. The third kappa shape index (κ3) is 4.78. The monoisotopic (exact) mass is 399 g/mol. The molecule has 1 saturated carbocycles. The standard InChI is InChI=1S/C22H29N3O4/c1-13(2)18(23-20(26)15-9-5-4-6-10-15)21(27)24-25-22(28)19-14(3)16-11-7-8-12-17(16)29-19/h7-8,11-13,15,18H,4-6,9-10H2,1-3H3,(H,23,26)(H,24,27)(H,25,28). The van der Waals surface area contributed by atoms with Crippen molar-refractivity contribution in [1.82, 2.24) is 16.2 Å². The molecule has 3 amide bonds. The van der Waals surface area contributed by atoms with Crippen molar-refractivity contribution in [3.63, 3.8) is 0 Å². The molecule has 1 heterocycles. The average molecular weight is 399 g/mol. The number of hydrazine groups is 1. The maximum absolute atomic E-state index is 12.6. The summed E-state index contributed by atoms with van der Waals surface area (Å²) in [6.45, 7) is 5.51. The summed E-state index contributed by atoms with van der Waals surface area (Å²) in [6.07, 6.45) is 4.97. The van der Waals surface area contributed by atoms with Gasteiger partial charge in [0.1, 0.15) is 11.6 Å². The lowest BCUT2D eigenvalue weighted by Gasteiger charge is -2.26. The van der Waals surface area contributed by atoms with Crippen LogP contribution in [0.5, 0.6) is 0 Å². The number of carbonyl (C=O) groups is 3. The molecule has 0 radical (unpaired) electrons. The zero-order valence-corrected chi connectivity index (χ0v) is 17.2. The largest absolute Gasteiger partial charge is 0.451 e. The summed E-state index contributed by atoms with van der Waals surface area (Å²) in [4.78, 5) is 37.6. The van der Waals surface area contributed by atoms with Gasteiger partial charge in [0.05, 0.1) is 0 Å². The number of amides is 3. The minimum absolute atomic E-state index is 0.0365. The van der Waals surface area contributed by atoms with Crippen LogP contribution in [0, 0.1) is 18.8 Å². The molecule has 0 aliphatic heterocycles. The number of hydrogen-bond donors (Lipinski definition) is 3. The molecule has 0 spiro atoms. The lowest BCUT2D eigenvalue weighted by molar-refractivity contribution is -0.133. The number of aryl methyl sites for hydroxylation is 1. The fourth-order valence-corrected chi connectivity index (χ4v) is 3.81. The Labute approximate surface area is 170 Å². The van der Waals surface area contributed by atoms with Crippen LogP contribution in [0.1, 0.15) is 62.1 Å². The summed E-state index contributed by atoms with van der Waals surface area (Å²) in [7, 11) is 0. The second-order valence-corrected chi connectivity index (χ2v) is 8.06. The molecule has 1 aromatic heterocycles. The smallest absolute Gasteiger partial charge is 0.305 e. The van der Waals surface area contributed by atoms with Crippen molar-refractivity contribution in [2.24, 2.45) is 11.8 Å². The van der Waals surface area contributed by atoms with Crippen LogP contribution in [-0.4, -0.2) is 23.8 Å². The molecule has 0 bridgehead atoms. The maximum Gasteiger partial charge on any atom is 0.305 e. The molecule has 0 saturated heterocycles. The van der Waals surface area contributed by atoms with Crippen molar-refractivity contribution in [3.05, 3.63) is 35.6 Å². The second-order valence-electron chi connectivity index (χ2n) is 8.06. The Bertz CT molecular complexity index is 897. The number of fused-ring (bicyclic) bond motifs is 1. The molecular weight excluding hydrogens is 370 g/mol. The number of carbonyl (C=O) groups excluding carboxylic acids is 3. The quantitative estimate of drug-likeness (QED) is 0.672. The van der Waals surface area contributed by atoms with Crippen LogP contribution >= 0.6 is 0 Å². The zero-order chi connectivity index (χ0) is 21.0. The zero-order valence-electron chi connectivity index (χ0n) is 17.2. The van der Waals surface area contributed by atoms with E-state index in [1.165, 1.54) is 0 Å². The highest BCUT2D eigenvalue weighted by Crippen LogP contribution is 2.25. The Kier molecular flexibility index (Phi) is 6.56. The molecule has 1 atom stereocenters. The van der Waals surface area contributed by atoms with Gasteiger partial charge in [0.2, 0.25) is 5.91 Å². The van der Waals surface area contributed by atoms with Gasteiger partial charge in [0.25, 0.3) is 5.91 Å². The van der Waals surface area contributed by atoms with E-state index in [2.05, 4.69) is 16.2 Å². The van der Waals surface area contributed by atoms with Crippen LogP contribution in [-0.2, 0) is 9.59 Å². The number of furan rings is 1. The van der Waals surface area contributed by atoms with Crippen molar-refractivity contribution in [1.29, 1.82) is 0 Å². The summed E-state index contributed by atoms with van der Waals surface area (Å²) < 4.78 is 5.61. The fourth-order valence-electron chi connectivity index (χ4n) is 3.81. The second kappa shape index (κ2) is 9.11. The third-order valence-electron chi connectivity index (χ3n) is 5.57. The van der Waals surface area contributed by atoms with E-state index in [-0.39, 0.29) is 23.5 Å². The van der Waals surface area contributed by atoms with Crippen molar-refractivity contribution in [2.75, 3.05) is 0 Å².